The lowest BCUT2D eigenvalue weighted by Crippen LogP contribution is -2.28. The molecule has 0 aliphatic heterocycles. The lowest BCUT2D eigenvalue weighted by molar-refractivity contribution is -0.434. The van der Waals surface area contributed by atoms with Gasteiger partial charge in [-0.25, -0.2) is 4.99 Å². The monoisotopic (exact) mass is 326 g/mol. The van der Waals surface area contributed by atoms with Gasteiger partial charge in [0.25, 0.3) is 5.70 Å². The summed E-state index contributed by atoms with van der Waals surface area (Å²) in [4.78, 5) is 14.3. The first-order valence-corrected chi connectivity index (χ1v) is 5.44. The summed E-state index contributed by atoms with van der Waals surface area (Å²) in [5.74, 6) is -0.373. The van der Waals surface area contributed by atoms with Crippen molar-refractivity contribution in [1.29, 1.82) is 0 Å². The minimum atomic E-state index is -0.384. The second kappa shape index (κ2) is 5.89. The van der Waals surface area contributed by atoms with Crippen LogP contribution in [0.3, 0.4) is 0 Å². The third kappa shape index (κ3) is 4.45. The summed E-state index contributed by atoms with van der Waals surface area (Å²) in [5.41, 5.74) is 10.6. The Balaban J connectivity index is 4.98. The molecule has 0 aromatic heterocycles. The van der Waals surface area contributed by atoms with Crippen molar-refractivity contribution >= 4 is 28.6 Å². The van der Waals surface area contributed by atoms with E-state index in [1.54, 1.807) is 20.8 Å². The first-order valence-electron chi connectivity index (χ1n) is 4.36. The highest BCUT2D eigenvalue weighted by Crippen LogP contribution is 2.24. The number of nitro groups is 1. The normalized spacial score (nSPS) is 16.3. The van der Waals surface area contributed by atoms with Crippen LogP contribution in [0.4, 0.5) is 0 Å². The van der Waals surface area contributed by atoms with E-state index in [4.69, 9.17) is 11.5 Å². The third-order valence-electron chi connectivity index (χ3n) is 2.06. The van der Waals surface area contributed by atoms with Crippen LogP contribution >= 0.6 is 22.6 Å². The van der Waals surface area contributed by atoms with E-state index in [2.05, 4.69) is 4.99 Å². The van der Waals surface area contributed by atoms with Crippen LogP contribution in [0.5, 0.6) is 0 Å². The van der Waals surface area contributed by atoms with Gasteiger partial charge in [-0.05, 0) is 36.4 Å². The molecule has 15 heavy (non-hydrogen) atoms. The van der Waals surface area contributed by atoms with Gasteiger partial charge >= 0.3 is 0 Å². The number of rotatable bonds is 4. The molecule has 7 heteroatoms. The fraction of sp³-hybridized carbons (Fsp3) is 0.625. The molecule has 2 unspecified atom stereocenters. The molecule has 0 spiro atoms. The number of nitrogens with zero attached hydrogens (tertiary/aromatic N) is 2. The summed E-state index contributed by atoms with van der Waals surface area (Å²) in [6, 6.07) is -0.305. The second-order valence-electron chi connectivity index (χ2n) is 3.26. The van der Waals surface area contributed by atoms with E-state index in [1.165, 1.54) is 0 Å². The first-order chi connectivity index (χ1) is 6.77. The Morgan fingerprint density at radius 3 is 2.20 bits per heavy atom. The molecule has 0 aromatic carbocycles. The van der Waals surface area contributed by atoms with E-state index in [0.29, 0.717) is 3.58 Å². The Labute approximate surface area is 102 Å². The standard InChI is InChI=1S/C8H15IN4O2/c1-4(6(3)12-8(10)11)7(5(2)9)13(14)15/h4,6H,1-3H3,(H4,10,11,12)/b7-5-. The fourth-order valence-electron chi connectivity index (χ4n) is 1.18. The van der Waals surface area contributed by atoms with Crippen LogP contribution in [0.15, 0.2) is 14.3 Å². The maximum absolute atomic E-state index is 10.8. The number of hydrogen-bond donors (Lipinski definition) is 2. The zero-order valence-electron chi connectivity index (χ0n) is 8.90. The number of allylic oxidation sites excluding steroid dienone is 1. The van der Waals surface area contributed by atoms with Crippen molar-refractivity contribution in [3.8, 4) is 0 Å². The average molecular weight is 326 g/mol. The molecule has 0 bridgehead atoms. The summed E-state index contributed by atoms with van der Waals surface area (Å²) in [6.45, 7) is 5.17. The highest BCUT2D eigenvalue weighted by molar-refractivity contribution is 14.1. The average Bonchev–Trinajstić information content (AvgIpc) is 2.00. The van der Waals surface area contributed by atoms with E-state index in [-0.39, 0.29) is 28.5 Å². The van der Waals surface area contributed by atoms with Crippen LogP contribution in [-0.4, -0.2) is 16.9 Å². The molecule has 0 fully saturated rings. The van der Waals surface area contributed by atoms with Crippen molar-refractivity contribution < 1.29 is 4.92 Å². The molecule has 0 heterocycles. The van der Waals surface area contributed by atoms with Crippen molar-refractivity contribution in [3.05, 3.63) is 19.4 Å². The zero-order chi connectivity index (χ0) is 12.2. The number of guanidine groups is 1. The zero-order valence-corrected chi connectivity index (χ0v) is 11.1. The predicted octanol–water partition coefficient (Wildman–Crippen LogP) is 1.23. The predicted molar refractivity (Wildman–Crippen MR) is 68.2 cm³/mol. The maximum atomic E-state index is 10.8. The highest BCUT2D eigenvalue weighted by Gasteiger charge is 2.27. The minimum absolute atomic E-state index is 0.0526. The number of nitrogens with two attached hydrogens (primary N) is 2. The van der Waals surface area contributed by atoms with Gasteiger partial charge in [-0.3, -0.25) is 10.1 Å². The molecule has 4 N–H and O–H groups in total. The molecule has 0 aliphatic rings. The van der Waals surface area contributed by atoms with Crippen molar-refractivity contribution in [2.24, 2.45) is 22.4 Å². The third-order valence-corrected chi connectivity index (χ3v) is 2.61. The number of halogens is 1. The van der Waals surface area contributed by atoms with Gasteiger partial charge in [0, 0.05) is 0 Å². The van der Waals surface area contributed by atoms with Gasteiger partial charge in [-0.15, -0.1) is 0 Å². The summed E-state index contributed by atoms with van der Waals surface area (Å²) in [6.07, 6.45) is 0. The molecule has 0 rings (SSSR count). The largest absolute Gasteiger partial charge is 0.370 e. The van der Waals surface area contributed by atoms with Gasteiger partial charge in [0.1, 0.15) is 0 Å². The van der Waals surface area contributed by atoms with Gasteiger partial charge in [-0.1, -0.05) is 6.92 Å². The number of aliphatic imine (C=N–C) groups is 1. The molecule has 6 nitrogen and oxygen atoms in total. The van der Waals surface area contributed by atoms with Gasteiger partial charge in [0.05, 0.1) is 20.5 Å². The van der Waals surface area contributed by atoms with E-state index in [9.17, 15) is 10.1 Å². The van der Waals surface area contributed by atoms with Gasteiger partial charge in [0.2, 0.25) is 0 Å². The molecular formula is C8H15IN4O2. The van der Waals surface area contributed by atoms with Crippen LogP contribution in [0.2, 0.25) is 0 Å². The van der Waals surface area contributed by atoms with E-state index >= 15 is 0 Å². The quantitative estimate of drug-likeness (QED) is 0.266. The minimum Gasteiger partial charge on any atom is -0.370 e. The Hall–Kier alpha value is -0.860. The molecule has 0 aromatic rings. The highest BCUT2D eigenvalue weighted by atomic mass is 127. The van der Waals surface area contributed by atoms with Gasteiger partial charge < -0.3 is 11.5 Å². The molecule has 2 atom stereocenters. The Kier molecular flexibility index (Phi) is 5.55. The summed E-state index contributed by atoms with van der Waals surface area (Å²) >= 11 is 1.93. The fourth-order valence-corrected chi connectivity index (χ4v) is 1.87. The van der Waals surface area contributed by atoms with Crippen LogP contribution in [0.25, 0.3) is 0 Å². The van der Waals surface area contributed by atoms with Crippen molar-refractivity contribution in [1.82, 2.24) is 0 Å². The molecule has 0 amide bonds. The molecule has 0 saturated heterocycles. The SMILES string of the molecule is C/C(I)=C(\C(C)C(C)N=C(N)N)[N+](=O)[O-]. The van der Waals surface area contributed by atoms with Crippen LogP contribution in [0.1, 0.15) is 20.8 Å². The van der Waals surface area contributed by atoms with Gasteiger partial charge in [-0.2, -0.15) is 0 Å². The molecular weight excluding hydrogens is 311 g/mol. The van der Waals surface area contributed by atoms with E-state index in [0.717, 1.165) is 0 Å². The molecule has 0 saturated carbocycles. The first kappa shape index (κ1) is 14.1. The Bertz CT molecular complexity index is 306. The summed E-state index contributed by atoms with van der Waals surface area (Å²) in [5, 5.41) is 10.8. The lowest BCUT2D eigenvalue weighted by Gasteiger charge is -2.14. The molecule has 0 radical (unpaired) electrons. The maximum Gasteiger partial charge on any atom is 0.260 e. The van der Waals surface area contributed by atoms with E-state index in [1.807, 2.05) is 22.6 Å². The van der Waals surface area contributed by atoms with Crippen LogP contribution in [-0.2, 0) is 0 Å². The second-order valence-corrected chi connectivity index (χ2v) is 4.88. The number of hydrogen-bond acceptors (Lipinski definition) is 3. The molecule has 0 aliphatic carbocycles. The topological polar surface area (TPSA) is 108 Å². The summed E-state index contributed by atoms with van der Waals surface area (Å²) in [7, 11) is 0. The summed E-state index contributed by atoms with van der Waals surface area (Å²) < 4.78 is 0.641. The van der Waals surface area contributed by atoms with E-state index < -0.39 is 0 Å². The Morgan fingerprint density at radius 2 is 1.93 bits per heavy atom. The van der Waals surface area contributed by atoms with Crippen LogP contribution < -0.4 is 11.5 Å². The van der Waals surface area contributed by atoms with Crippen molar-refractivity contribution in [3.63, 3.8) is 0 Å². The van der Waals surface area contributed by atoms with Crippen molar-refractivity contribution in [2.75, 3.05) is 0 Å². The smallest absolute Gasteiger partial charge is 0.260 e. The van der Waals surface area contributed by atoms with Crippen LogP contribution in [0, 0.1) is 16.0 Å². The lowest BCUT2D eigenvalue weighted by atomic mass is 10.0. The van der Waals surface area contributed by atoms with Crippen molar-refractivity contribution in [2.45, 2.75) is 26.8 Å². The Morgan fingerprint density at radius 1 is 1.47 bits per heavy atom. The molecule has 86 valence electrons. The van der Waals surface area contributed by atoms with Gasteiger partial charge in [0.15, 0.2) is 5.96 Å².